The van der Waals surface area contributed by atoms with Crippen LogP contribution in [0.1, 0.15) is 25.6 Å². The summed E-state index contributed by atoms with van der Waals surface area (Å²) in [5, 5.41) is 4.12. The zero-order valence-corrected chi connectivity index (χ0v) is 15.1. The molecule has 0 N–H and O–H groups in total. The van der Waals surface area contributed by atoms with E-state index in [9.17, 15) is 4.79 Å². The highest BCUT2D eigenvalue weighted by Crippen LogP contribution is 2.25. The summed E-state index contributed by atoms with van der Waals surface area (Å²) in [6, 6.07) is 5.85. The number of hydrogen-bond acceptors (Lipinski definition) is 6. The van der Waals surface area contributed by atoms with Crippen molar-refractivity contribution in [1.82, 2.24) is 24.6 Å². The van der Waals surface area contributed by atoms with E-state index in [4.69, 9.17) is 4.74 Å². The topological polar surface area (TPSA) is 76.4 Å². The largest absolute Gasteiger partial charge is 0.368 e. The molecule has 0 unspecified atom stereocenters. The molecular formula is C17H24N6O2. The average molecular weight is 344 g/mol. The third kappa shape index (κ3) is 3.48. The van der Waals surface area contributed by atoms with Gasteiger partial charge in [-0.05, 0) is 26.0 Å². The molecule has 1 atom stereocenters. The lowest BCUT2D eigenvalue weighted by molar-refractivity contribution is -0.147. The molecule has 3 heterocycles. The summed E-state index contributed by atoms with van der Waals surface area (Å²) in [7, 11) is 3.90. The number of nitrogens with zero attached hydrogens (tertiary/aromatic N) is 6. The van der Waals surface area contributed by atoms with Crippen LogP contribution >= 0.6 is 0 Å². The van der Waals surface area contributed by atoms with Crippen molar-refractivity contribution in [3.8, 4) is 0 Å². The Balaban J connectivity index is 1.77. The molecule has 0 bridgehead atoms. The van der Waals surface area contributed by atoms with Gasteiger partial charge in [-0.2, -0.15) is 5.10 Å². The van der Waals surface area contributed by atoms with Crippen LogP contribution in [0.3, 0.4) is 0 Å². The van der Waals surface area contributed by atoms with Crippen molar-refractivity contribution in [2.75, 3.05) is 38.7 Å². The number of amides is 1. The number of aromatic nitrogens is 4. The Morgan fingerprint density at radius 2 is 2.16 bits per heavy atom. The molecular weight excluding hydrogens is 320 g/mol. The number of carbonyl (C=O) groups excluding carboxylic acids is 1. The second-order valence-electron chi connectivity index (χ2n) is 6.82. The molecule has 0 aliphatic carbocycles. The van der Waals surface area contributed by atoms with E-state index in [0.29, 0.717) is 19.7 Å². The Hall–Kier alpha value is -2.48. The Bertz CT molecular complexity index is 728. The molecule has 1 fully saturated rings. The molecule has 0 aromatic carbocycles. The van der Waals surface area contributed by atoms with E-state index in [2.05, 4.69) is 15.1 Å². The van der Waals surface area contributed by atoms with E-state index < -0.39 is 5.54 Å². The fourth-order valence-corrected chi connectivity index (χ4v) is 2.86. The maximum absolute atomic E-state index is 13.0. The first-order chi connectivity index (χ1) is 11.9. The Labute approximate surface area is 147 Å². The molecule has 25 heavy (non-hydrogen) atoms. The van der Waals surface area contributed by atoms with Gasteiger partial charge in [-0.1, -0.05) is 6.07 Å². The van der Waals surface area contributed by atoms with Gasteiger partial charge in [-0.15, -0.1) is 0 Å². The highest BCUT2D eigenvalue weighted by molar-refractivity contribution is 5.83. The first-order valence-electron chi connectivity index (χ1n) is 8.30. The summed E-state index contributed by atoms with van der Waals surface area (Å²) in [5.74, 6) is 0.863. The lowest BCUT2D eigenvalue weighted by Gasteiger charge is -2.37. The second kappa shape index (κ2) is 6.79. The van der Waals surface area contributed by atoms with Crippen LogP contribution in [0.15, 0.2) is 30.9 Å². The number of rotatable bonds is 4. The van der Waals surface area contributed by atoms with Crippen LogP contribution in [-0.2, 0) is 15.1 Å². The van der Waals surface area contributed by atoms with Crippen LogP contribution in [0.2, 0.25) is 0 Å². The highest BCUT2D eigenvalue weighted by Gasteiger charge is 2.37. The molecule has 0 radical (unpaired) electrons. The molecule has 0 saturated carbocycles. The monoisotopic (exact) mass is 344 g/mol. The number of anilines is 1. The van der Waals surface area contributed by atoms with Crippen molar-refractivity contribution in [3.05, 3.63) is 36.5 Å². The van der Waals surface area contributed by atoms with Gasteiger partial charge in [0.2, 0.25) is 5.91 Å². The minimum atomic E-state index is -0.794. The van der Waals surface area contributed by atoms with Crippen molar-refractivity contribution in [3.63, 3.8) is 0 Å². The summed E-state index contributed by atoms with van der Waals surface area (Å²) in [6.45, 7) is 5.21. The molecule has 134 valence electrons. The van der Waals surface area contributed by atoms with Gasteiger partial charge in [0.25, 0.3) is 0 Å². The third-order valence-electron chi connectivity index (χ3n) is 4.41. The van der Waals surface area contributed by atoms with E-state index in [1.165, 1.54) is 6.33 Å². The maximum Gasteiger partial charge on any atom is 0.250 e. The fraction of sp³-hybridized carbons (Fsp3) is 0.529. The molecule has 1 amide bonds. The van der Waals surface area contributed by atoms with E-state index in [1.54, 1.807) is 11.0 Å². The minimum Gasteiger partial charge on any atom is -0.368 e. The molecule has 1 aliphatic heterocycles. The summed E-state index contributed by atoms with van der Waals surface area (Å²) in [6.07, 6.45) is 2.77. The van der Waals surface area contributed by atoms with Gasteiger partial charge >= 0.3 is 0 Å². The van der Waals surface area contributed by atoms with Crippen LogP contribution in [0.4, 0.5) is 5.82 Å². The van der Waals surface area contributed by atoms with Crippen molar-refractivity contribution in [2.24, 2.45) is 0 Å². The van der Waals surface area contributed by atoms with Crippen molar-refractivity contribution in [2.45, 2.75) is 25.5 Å². The highest BCUT2D eigenvalue weighted by atomic mass is 16.5. The predicted octanol–water partition coefficient (Wildman–Crippen LogP) is 1.07. The smallest absolute Gasteiger partial charge is 0.250 e. The van der Waals surface area contributed by atoms with Crippen LogP contribution in [-0.4, -0.2) is 64.3 Å². The van der Waals surface area contributed by atoms with E-state index in [-0.39, 0.29) is 12.0 Å². The average Bonchev–Trinajstić information content (AvgIpc) is 3.17. The van der Waals surface area contributed by atoms with Crippen molar-refractivity contribution >= 4 is 11.7 Å². The summed E-state index contributed by atoms with van der Waals surface area (Å²) >= 11 is 0. The first-order valence-corrected chi connectivity index (χ1v) is 8.30. The summed E-state index contributed by atoms with van der Waals surface area (Å²) in [4.78, 5) is 25.4. The molecule has 2 aromatic heterocycles. The SMILES string of the molecule is CN(C)c1cccc([C@H]2CN(C(=O)C(C)(C)n3cncn3)CCO2)n1. The third-order valence-corrected chi connectivity index (χ3v) is 4.41. The minimum absolute atomic E-state index is 0.00457. The normalized spacial score (nSPS) is 18.2. The summed E-state index contributed by atoms with van der Waals surface area (Å²) < 4.78 is 7.46. The van der Waals surface area contributed by atoms with Gasteiger partial charge in [0.05, 0.1) is 18.8 Å². The van der Waals surface area contributed by atoms with Crippen LogP contribution in [0.5, 0.6) is 0 Å². The molecule has 3 rings (SSSR count). The standard InChI is InChI=1S/C17H24N6O2/c1-17(2,23-12-18-11-19-23)16(24)22-8-9-25-14(10-22)13-6-5-7-15(20-13)21(3)4/h5-7,11-12,14H,8-10H2,1-4H3/t14-/m1/s1. The Morgan fingerprint density at radius 1 is 1.36 bits per heavy atom. The summed E-state index contributed by atoms with van der Waals surface area (Å²) in [5.41, 5.74) is 0.0411. The number of pyridine rings is 1. The van der Waals surface area contributed by atoms with E-state index in [0.717, 1.165) is 11.5 Å². The van der Waals surface area contributed by atoms with E-state index >= 15 is 0 Å². The van der Waals surface area contributed by atoms with Crippen LogP contribution in [0, 0.1) is 0 Å². The van der Waals surface area contributed by atoms with Gasteiger partial charge in [-0.25, -0.2) is 14.6 Å². The zero-order valence-electron chi connectivity index (χ0n) is 15.1. The van der Waals surface area contributed by atoms with Crippen molar-refractivity contribution < 1.29 is 9.53 Å². The molecule has 0 spiro atoms. The van der Waals surface area contributed by atoms with Gasteiger partial charge in [0.15, 0.2) is 0 Å². The zero-order chi connectivity index (χ0) is 18.0. The number of morpholine rings is 1. The first kappa shape index (κ1) is 17.3. The lowest BCUT2D eigenvalue weighted by atomic mass is 10.0. The van der Waals surface area contributed by atoms with Crippen molar-refractivity contribution in [1.29, 1.82) is 0 Å². The number of carbonyl (C=O) groups is 1. The molecule has 1 aliphatic rings. The molecule has 2 aromatic rings. The quantitative estimate of drug-likeness (QED) is 0.826. The Kier molecular flexibility index (Phi) is 4.71. The Morgan fingerprint density at radius 3 is 2.84 bits per heavy atom. The lowest BCUT2D eigenvalue weighted by Crippen LogP contribution is -2.51. The fourth-order valence-electron chi connectivity index (χ4n) is 2.86. The number of hydrogen-bond donors (Lipinski definition) is 0. The predicted molar refractivity (Wildman–Crippen MR) is 93.2 cm³/mol. The number of ether oxygens (including phenoxy) is 1. The molecule has 8 heteroatoms. The molecule has 1 saturated heterocycles. The van der Waals surface area contributed by atoms with Crippen LogP contribution < -0.4 is 4.90 Å². The maximum atomic E-state index is 13.0. The van der Waals surface area contributed by atoms with Gasteiger partial charge in [0.1, 0.15) is 30.1 Å². The van der Waals surface area contributed by atoms with Crippen LogP contribution in [0.25, 0.3) is 0 Å². The second-order valence-corrected chi connectivity index (χ2v) is 6.82. The van der Waals surface area contributed by atoms with Gasteiger partial charge in [-0.3, -0.25) is 4.79 Å². The van der Waals surface area contributed by atoms with Gasteiger partial charge < -0.3 is 14.5 Å². The molecule has 8 nitrogen and oxygen atoms in total. The van der Waals surface area contributed by atoms with Gasteiger partial charge in [0, 0.05) is 20.6 Å². The van der Waals surface area contributed by atoms with E-state index in [1.807, 2.05) is 55.9 Å².